The zero-order valence-corrected chi connectivity index (χ0v) is 18.7. The van der Waals surface area contributed by atoms with Crippen LogP contribution in [0.1, 0.15) is 11.1 Å². The van der Waals surface area contributed by atoms with Crippen molar-refractivity contribution in [2.75, 3.05) is 26.1 Å². The Morgan fingerprint density at radius 3 is 2.44 bits per heavy atom. The lowest BCUT2D eigenvalue weighted by Crippen LogP contribution is -2.43. The van der Waals surface area contributed by atoms with Crippen molar-refractivity contribution < 1.29 is 22.6 Å². The summed E-state index contributed by atoms with van der Waals surface area (Å²) in [4.78, 5) is 17.8. The summed E-state index contributed by atoms with van der Waals surface area (Å²) in [5.41, 5.74) is 2.69. The van der Waals surface area contributed by atoms with E-state index in [1.165, 1.54) is 17.9 Å². The monoisotopic (exact) mass is 472 g/mol. The maximum Gasteiger partial charge on any atom is 0.401 e. The number of rotatable bonds is 6. The van der Waals surface area contributed by atoms with E-state index in [0.717, 1.165) is 5.56 Å². The molecule has 0 aliphatic carbocycles. The highest BCUT2D eigenvalue weighted by Gasteiger charge is 2.29. The number of fused-ring (bicyclic) bond motifs is 1. The number of aromatic nitrogens is 1. The van der Waals surface area contributed by atoms with Gasteiger partial charge in [0.2, 0.25) is 0 Å². The van der Waals surface area contributed by atoms with Crippen LogP contribution in [0, 0.1) is 6.92 Å². The molecular formula is C24H23F3N4O3. The summed E-state index contributed by atoms with van der Waals surface area (Å²) in [5.74, 6) is 1.63. The van der Waals surface area contributed by atoms with E-state index in [1.54, 1.807) is 49.6 Å². The molecule has 1 aliphatic rings. The van der Waals surface area contributed by atoms with Crippen molar-refractivity contribution in [1.82, 2.24) is 9.88 Å². The lowest BCUT2D eigenvalue weighted by molar-refractivity contribution is -0.125. The number of benzene rings is 2. The number of hydrogen-bond acceptors (Lipinski definition) is 6. The molecule has 0 spiro atoms. The van der Waals surface area contributed by atoms with Crippen molar-refractivity contribution in [1.29, 1.82) is 0 Å². The van der Waals surface area contributed by atoms with Crippen LogP contribution in [0.5, 0.6) is 11.5 Å². The third-order valence-corrected chi connectivity index (χ3v) is 5.40. The highest BCUT2D eigenvalue weighted by Crippen LogP contribution is 2.29. The molecule has 0 saturated carbocycles. The molecule has 34 heavy (non-hydrogen) atoms. The van der Waals surface area contributed by atoms with E-state index in [4.69, 9.17) is 9.47 Å². The zero-order valence-electron chi connectivity index (χ0n) is 18.7. The Kier molecular flexibility index (Phi) is 6.34. The largest absolute Gasteiger partial charge is 0.497 e. The Balaban J connectivity index is 1.85. The van der Waals surface area contributed by atoms with E-state index in [1.807, 2.05) is 13.0 Å². The van der Waals surface area contributed by atoms with Crippen LogP contribution in [0.2, 0.25) is 0 Å². The Hall–Kier alpha value is -3.79. The van der Waals surface area contributed by atoms with Crippen molar-refractivity contribution in [2.45, 2.75) is 19.4 Å². The van der Waals surface area contributed by atoms with Gasteiger partial charge in [0.1, 0.15) is 17.3 Å². The first kappa shape index (κ1) is 23.4. The van der Waals surface area contributed by atoms with Crippen LogP contribution in [-0.2, 0) is 0 Å². The Bertz CT molecular complexity index is 1280. The molecule has 1 unspecified atom stereocenters. The molecule has 10 heteroatoms. The maximum absolute atomic E-state index is 13.7. The molecular weight excluding hydrogens is 449 g/mol. The molecule has 2 aromatic carbocycles. The summed E-state index contributed by atoms with van der Waals surface area (Å²) in [7, 11) is 3.10. The van der Waals surface area contributed by atoms with Crippen LogP contribution in [0.4, 0.5) is 19.0 Å². The van der Waals surface area contributed by atoms with Gasteiger partial charge < -0.3 is 14.8 Å². The molecule has 1 aliphatic heterocycles. The van der Waals surface area contributed by atoms with Gasteiger partial charge in [-0.3, -0.25) is 19.7 Å². The number of halogens is 3. The maximum atomic E-state index is 13.7. The fraction of sp³-hybridized carbons (Fsp3) is 0.250. The molecule has 0 amide bonds. The molecule has 3 aromatic rings. The van der Waals surface area contributed by atoms with Crippen LogP contribution < -0.4 is 25.7 Å². The minimum Gasteiger partial charge on any atom is -0.497 e. The van der Waals surface area contributed by atoms with Gasteiger partial charge in [-0.25, -0.2) is 0 Å². The molecule has 1 atom stereocenters. The molecule has 178 valence electrons. The molecule has 2 N–H and O–H groups in total. The number of methoxy groups -OCH3 is 2. The van der Waals surface area contributed by atoms with Crippen LogP contribution in [0.25, 0.3) is 16.8 Å². The lowest BCUT2D eigenvalue weighted by atomic mass is 10.0. The third-order valence-electron chi connectivity index (χ3n) is 5.40. The highest BCUT2D eigenvalue weighted by atomic mass is 19.4. The van der Waals surface area contributed by atoms with Crippen molar-refractivity contribution in [3.8, 4) is 28.3 Å². The number of hydrogen-bond donors (Lipinski definition) is 2. The number of pyridine rings is 1. The van der Waals surface area contributed by atoms with Gasteiger partial charge in [-0.05, 0) is 60.5 Å². The quantitative estimate of drug-likeness (QED) is 0.565. The van der Waals surface area contributed by atoms with Gasteiger partial charge in [-0.2, -0.15) is 13.2 Å². The van der Waals surface area contributed by atoms with Gasteiger partial charge in [0.25, 0.3) is 5.56 Å². The SMILES string of the molecule is COc1ccc(-n2c3c(cc(-c4ccc(OC)c(C)c4)c2=O)C=NC(NCC(F)(F)F)N3)cc1. The Morgan fingerprint density at radius 1 is 1.09 bits per heavy atom. The number of alkyl halides is 3. The first-order valence-electron chi connectivity index (χ1n) is 10.4. The predicted molar refractivity (Wildman–Crippen MR) is 124 cm³/mol. The van der Waals surface area contributed by atoms with Crippen LogP contribution >= 0.6 is 0 Å². The molecule has 0 bridgehead atoms. The normalized spacial score (nSPS) is 14.9. The minimum atomic E-state index is -4.40. The summed E-state index contributed by atoms with van der Waals surface area (Å²) in [5, 5.41) is 5.22. The Morgan fingerprint density at radius 2 is 1.82 bits per heavy atom. The minimum absolute atomic E-state index is 0.332. The van der Waals surface area contributed by atoms with E-state index in [2.05, 4.69) is 15.6 Å². The average molecular weight is 472 g/mol. The average Bonchev–Trinajstić information content (AvgIpc) is 2.82. The van der Waals surface area contributed by atoms with Gasteiger partial charge in [0, 0.05) is 17.3 Å². The summed E-state index contributed by atoms with van der Waals surface area (Å²) < 4.78 is 50.0. The summed E-state index contributed by atoms with van der Waals surface area (Å²) in [6, 6.07) is 13.9. The van der Waals surface area contributed by atoms with Gasteiger partial charge in [0.05, 0.1) is 26.5 Å². The fourth-order valence-corrected chi connectivity index (χ4v) is 3.75. The molecule has 1 aromatic heterocycles. The van der Waals surface area contributed by atoms with Gasteiger partial charge in [-0.15, -0.1) is 0 Å². The van der Waals surface area contributed by atoms with E-state index in [0.29, 0.717) is 39.7 Å². The number of ether oxygens (including phenoxy) is 2. The molecule has 0 radical (unpaired) electrons. The standard InChI is InChI=1S/C24H23F3N4O3/c1-14-10-15(4-9-20(14)34-3)19-11-16-12-28-23(29-13-24(25,26)27)30-21(16)31(22(19)32)17-5-7-18(33-2)8-6-17/h4-12,23,29-30H,13H2,1-3H3. The first-order valence-corrected chi connectivity index (χ1v) is 10.4. The zero-order chi connectivity index (χ0) is 24.5. The number of anilines is 1. The number of aryl methyl sites for hydroxylation is 1. The van der Waals surface area contributed by atoms with E-state index >= 15 is 0 Å². The number of nitrogens with zero attached hydrogens (tertiary/aromatic N) is 2. The molecule has 0 saturated heterocycles. The first-order chi connectivity index (χ1) is 16.2. The van der Waals surface area contributed by atoms with Gasteiger partial charge in [0.15, 0.2) is 6.29 Å². The van der Waals surface area contributed by atoms with E-state index < -0.39 is 19.0 Å². The van der Waals surface area contributed by atoms with Gasteiger partial charge in [-0.1, -0.05) is 6.07 Å². The number of aliphatic imine (C=N–C) groups is 1. The predicted octanol–water partition coefficient (Wildman–Crippen LogP) is 4.11. The topological polar surface area (TPSA) is 76.9 Å². The van der Waals surface area contributed by atoms with Crippen LogP contribution in [0.3, 0.4) is 0 Å². The van der Waals surface area contributed by atoms with E-state index in [9.17, 15) is 18.0 Å². The summed E-state index contributed by atoms with van der Waals surface area (Å²) in [6.07, 6.45) is -3.99. The van der Waals surface area contributed by atoms with Crippen molar-refractivity contribution >= 4 is 12.0 Å². The highest BCUT2D eigenvalue weighted by molar-refractivity contribution is 5.91. The molecule has 2 heterocycles. The fourth-order valence-electron chi connectivity index (χ4n) is 3.75. The third kappa shape index (κ3) is 4.76. The van der Waals surface area contributed by atoms with E-state index in [-0.39, 0.29) is 5.56 Å². The second-order valence-corrected chi connectivity index (χ2v) is 7.71. The van der Waals surface area contributed by atoms with Gasteiger partial charge >= 0.3 is 6.18 Å². The van der Waals surface area contributed by atoms with Crippen LogP contribution in [0.15, 0.2) is 58.3 Å². The molecule has 7 nitrogen and oxygen atoms in total. The smallest absolute Gasteiger partial charge is 0.401 e. The second kappa shape index (κ2) is 9.22. The van der Waals surface area contributed by atoms with Crippen molar-refractivity contribution in [2.24, 2.45) is 4.99 Å². The molecule has 0 fully saturated rings. The summed E-state index contributed by atoms with van der Waals surface area (Å²) in [6.45, 7) is 0.649. The van der Waals surface area contributed by atoms with Crippen molar-refractivity contribution in [3.63, 3.8) is 0 Å². The molecule has 4 rings (SSSR count). The second-order valence-electron chi connectivity index (χ2n) is 7.71. The lowest BCUT2D eigenvalue weighted by Gasteiger charge is -2.26. The number of nitrogens with one attached hydrogen (secondary N) is 2. The van der Waals surface area contributed by atoms with Crippen molar-refractivity contribution in [3.05, 3.63) is 70.0 Å². The summed E-state index contributed by atoms with van der Waals surface area (Å²) >= 11 is 0. The Labute approximate surface area is 193 Å². The van der Waals surface area contributed by atoms with Crippen LogP contribution in [-0.4, -0.2) is 44.0 Å².